The minimum atomic E-state index is -1.05. The predicted octanol–water partition coefficient (Wildman–Crippen LogP) is 4.17. The third-order valence-corrected chi connectivity index (χ3v) is 3.43. The number of benzene rings is 1. The maximum atomic E-state index is 10.7. The summed E-state index contributed by atoms with van der Waals surface area (Å²) in [7, 11) is 0. The van der Waals surface area contributed by atoms with E-state index >= 15 is 0 Å². The van der Waals surface area contributed by atoms with Crippen molar-refractivity contribution < 1.29 is 9.90 Å². The summed E-state index contributed by atoms with van der Waals surface area (Å²) in [5.41, 5.74) is 0.344. The topological polar surface area (TPSA) is 37.3 Å². The summed E-state index contributed by atoms with van der Waals surface area (Å²) in [6, 6.07) is 2.92. The Morgan fingerprint density at radius 2 is 1.93 bits per heavy atom. The van der Waals surface area contributed by atoms with Crippen LogP contribution in [0.4, 0.5) is 0 Å². The number of rotatable bonds is 2. The molecule has 1 N–H and O–H groups in total. The van der Waals surface area contributed by atoms with Crippen LogP contribution in [0.5, 0.6) is 0 Å². The van der Waals surface area contributed by atoms with Crippen molar-refractivity contribution in [2.24, 2.45) is 0 Å². The molecule has 6 heteroatoms. The van der Waals surface area contributed by atoms with Gasteiger partial charge >= 0.3 is 5.97 Å². The van der Waals surface area contributed by atoms with E-state index < -0.39 is 10.8 Å². The molecule has 0 aliphatic heterocycles. The molecule has 0 saturated heterocycles. The van der Waals surface area contributed by atoms with Gasteiger partial charge in [0.05, 0.1) is 10.0 Å². The van der Waals surface area contributed by atoms with Gasteiger partial charge < -0.3 is 5.11 Å². The zero-order valence-corrected chi connectivity index (χ0v) is 10.5. The molecule has 0 saturated carbocycles. The molecule has 1 rings (SSSR count). The molecule has 2 nitrogen and oxygen atoms in total. The van der Waals surface area contributed by atoms with Crippen LogP contribution in [0, 0.1) is 0 Å². The molecular formula is C8H4BrCl3O2. The summed E-state index contributed by atoms with van der Waals surface area (Å²) < 4.78 is 0. The Morgan fingerprint density at radius 1 is 1.36 bits per heavy atom. The number of hydrogen-bond donors (Lipinski definition) is 1. The highest BCUT2D eigenvalue weighted by Gasteiger charge is 2.20. The Bertz CT molecular complexity index is 381. The van der Waals surface area contributed by atoms with E-state index in [9.17, 15) is 4.79 Å². The second-order valence-corrected chi connectivity index (χ2v) is 4.63. The second-order valence-electron chi connectivity index (χ2n) is 2.49. The lowest BCUT2D eigenvalue weighted by atomic mass is 10.1. The molecule has 14 heavy (non-hydrogen) atoms. The fourth-order valence-electron chi connectivity index (χ4n) is 0.893. The molecule has 0 fully saturated rings. The van der Waals surface area contributed by atoms with Gasteiger partial charge in [0.15, 0.2) is 0 Å². The van der Waals surface area contributed by atoms with Crippen molar-refractivity contribution >= 4 is 56.7 Å². The average molecular weight is 318 g/mol. The molecule has 1 aromatic rings. The Balaban J connectivity index is 3.26. The maximum Gasteiger partial charge on any atom is 0.321 e. The predicted molar refractivity (Wildman–Crippen MR) is 60.8 cm³/mol. The van der Waals surface area contributed by atoms with Crippen molar-refractivity contribution in [2.75, 3.05) is 0 Å². The van der Waals surface area contributed by atoms with Gasteiger partial charge in [-0.3, -0.25) is 4.79 Å². The summed E-state index contributed by atoms with van der Waals surface area (Å²) in [4.78, 5) is 9.77. The Hall–Kier alpha value is 0.0400. The third-order valence-electron chi connectivity index (χ3n) is 1.51. The molecule has 0 amide bonds. The van der Waals surface area contributed by atoms with Crippen molar-refractivity contribution in [3.63, 3.8) is 0 Å². The van der Waals surface area contributed by atoms with Gasteiger partial charge in [0, 0.05) is 5.02 Å². The van der Waals surface area contributed by atoms with Crippen LogP contribution in [0.15, 0.2) is 12.1 Å². The SMILES string of the molecule is O=C(O)C(Br)c1cc(Cl)cc(Cl)c1Cl. The fourth-order valence-corrected chi connectivity index (χ4v) is 2.11. The number of carboxylic acid groups (broad SMARTS) is 1. The van der Waals surface area contributed by atoms with Gasteiger partial charge in [-0.1, -0.05) is 50.7 Å². The molecule has 0 aliphatic rings. The van der Waals surface area contributed by atoms with Crippen LogP contribution in [-0.4, -0.2) is 11.1 Å². The van der Waals surface area contributed by atoms with Crippen molar-refractivity contribution in [1.82, 2.24) is 0 Å². The number of alkyl halides is 1. The molecule has 1 unspecified atom stereocenters. The van der Waals surface area contributed by atoms with E-state index in [0.29, 0.717) is 10.6 Å². The minimum absolute atomic E-state index is 0.195. The first-order valence-electron chi connectivity index (χ1n) is 3.44. The minimum Gasteiger partial charge on any atom is -0.480 e. The van der Waals surface area contributed by atoms with E-state index in [4.69, 9.17) is 39.9 Å². The lowest BCUT2D eigenvalue weighted by Gasteiger charge is -2.09. The van der Waals surface area contributed by atoms with Crippen LogP contribution in [0.2, 0.25) is 15.1 Å². The van der Waals surface area contributed by atoms with E-state index in [1.54, 1.807) is 0 Å². The number of halogens is 4. The van der Waals surface area contributed by atoms with Gasteiger partial charge in [-0.05, 0) is 17.7 Å². The van der Waals surface area contributed by atoms with Crippen molar-refractivity contribution in [1.29, 1.82) is 0 Å². The summed E-state index contributed by atoms with van der Waals surface area (Å²) in [6.07, 6.45) is 0. The molecule has 1 atom stereocenters. The quantitative estimate of drug-likeness (QED) is 0.656. The molecular weight excluding hydrogens is 314 g/mol. The molecule has 0 aromatic heterocycles. The number of carbonyl (C=O) groups is 1. The number of hydrogen-bond acceptors (Lipinski definition) is 1. The van der Waals surface area contributed by atoms with Crippen molar-refractivity contribution in [3.8, 4) is 0 Å². The van der Waals surface area contributed by atoms with Gasteiger partial charge in [-0.25, -0.2) is 0 Å². The van der Waals surface area contributed by atoms with Gasteiger partial charge in [-0.15, -0.1) is 0 Å². The zero-order chi connectivity index (χ0) is 10.9. The average Bonchev–Trinajstić information content (AvgIpc) is 2.09. The molecule has 0 heterocycles. The van der Waals surface area contributed by atoms with Crippen molar-refractivity contribution in [2.45, 2.75) is 4.83 Å². The fraction of sp³-hybridized carbons (Fsp3) is 0.125. The van der Waals surface area contributed by atoms with Crippen LogP contribution >= 0.6 is 50.7 Å². The zero-order valence-electron chi connectivity index (χ0n) is 6.60. The maximum absolute atomic E-state index is 10.7. The second kappa shape index (κ2) is 4.71. The summed E-state index contributed by atoms with van der Waals surface area (Å²) >= 11 is 20.2. The molecule has 0 bridgehead atoms. The Morgan fingerprint density at radius 3 is 2.43 bits per heavy atom. The molecule has 0 radical (unpaired) electrons. The van der Waals surface area contributed by atoms with Crippen LogP contribution in [0.1, 0.15) is 10.4 Å². The monoisotopic (exact) mass is 316 g/mol. The van der Waals surface area contributed by atoms with Gasteiger partial charge in [0.2, 0.25) is 0 Å². The van der Waals surface area contributed by atoms with Gasteiger partial charge in [0.1, 0.15) is 4.83 Å². The van der Waals surface area contributed by atoms with E-state index in [0.717, 1.165) is 0 Å². The van der Waals surface area contributed by atoms with E-state index in [-0.39, 0.29) is 10.0 Å². The molecule has 0 spiro atoms. The van der Waals surface area contributed by atoms with Crippen molar-refractivity contribution in [3.05, 3.63) is 32.8 Å². The number of aliphatic carboxylic acids is 1. The molecule has 0 aliphatic carbocycles. The molecule has 1 aromatic carbocycles. The van der Waals surface area contributed by atoms with E-state index in [1.807, 2.05) is 0 Å². The largest absolute Gasteiger partial charge is 0.480 e. The van der Waals surface area contributed by atoms with Crippen LogP contribution in [0.3, 0.4) is 0 Å². The summed E-state index contributed by atoms with van der Waals surface area (Å²) in [6.45, 7) is 0. The first-order valence-corrected chi connectivity index (χ1v) is 5.49. The van der Waals surface area contributed by atoms with Gasteiger partial charge in [0.25, 0.3) is 0 Å². The smallest absolute Gasteiger partial charge is 0.321 e. The van der Waals surface area contributed by atoms with Crippen LogP contribution in [-0.2, 0) is 4.79 Å². The lowest BCUT2D eigenvalue weighted by molar-refractivity contribution is -0.136. The highest BCUT2D eigenvalue weighted by Crippen LogP contribution is 2.36. The van der Waals surface area contributed by atoms with Gasteiger partial charge in [-0.2, -0.15) is 0 Å². The first kappa shape index (κ1) is 12.1. The van der Waals surface area contributed by atoms with Crippen LogP contribution in [0.25, 0.3) is 0 Å². The summed E-state index contributed by atoms with van der Waals surface area (Å²) in [5.74, 6) is -1.05. The molecule has 76 valence electrons. The third kappa shape index (κ3) is 2.54. The highest BCUT2D eigenvalue weighted by molar-refractivity contribution is 9.09. The first-order chi connectivity index (χ1) is 6.43. The Labute approximate surface area is 104 Å². The standard InChI is InChI=1S/C8H4BrCl3O2/c9-6(8(13)14)4-1-3(10)2-5(11)7(4)12/h1-2,6H,(H,13,14). The van der Waals surface area contributed by atoms with E-state index in [1.165, 1.54) is 12.1 Å². The summed E-state index contributed by atoms with van der Waals surface area (Å²) in [5, 5.41) is 9.53. The Kier molecular flexibility index (Phi) is 4.07. The van der Waals surface area contributed by atoms with Crippen LogP contribution < -0.4 is 0 Å². The highest BCUT2D eigenvalue weighted by atomic mass is 79.9. The number of carboxylic acids is 1. The van der Waals surface area contributed by atoms with E-state index in [2.05, 4.69) is 15.9 Å². The normalized spacial score (nSPS) is 12.6. The lowest BCUT2D eigenvalue weighted by Crippen LogP contribution is -2.05.